The number of nitrogens with one attached hydrogen (secondary N) is 2. The highest BCUT2D eigenvalue weighted by molar-refractivity contribution is 5.51. The lowest BCUT2D eigenvalue weighted by Gasteiger charge is -2.20. The predicted octanol–water partition coefficient (Wildman–Crippen LogP) is 2.43. The van der Waals surface area contributed by atoms with Crippen molar-refractivity contribution in [3.8, 4) is 0 Å². The molecule has 1 aromatic heterocycles. The molecule has 0 amide bonds. The molecule has 138 valence electrons. The highest BCUT2D eigenvalue weighted by Gasteiger charge is 2.39. The summed E-state index contributed by atoms with van der Waals surface area (Å²) in [5.74, 6) is 2.20. The van der Waals surface area contributed by atoms with Gasteiger partial charge in [0.25, 0.3) is 0 Å². The number of aryl methyl sites for hydroxylation is 2. The second-order valence-corrected chi connectivity index (χ2v) is 7.57. The molecule has 6 nitrogen and oxygen atoms in total. The lowest BCUT2D eigenvalue weighted by Crippen LogP contribution is -2.35. The first kappa shape index (κ1) is 17.2. The van der Waals surface area contributed by atoms with Crippen LogP contribution in [0, 0.1) is 12.8 Å². The summed E-state index contributed by atoms with van der Waals surface area (Å²) in [4.78, 5) is 8.97. The van der Waals surface area contributed by atoms with E-state index in [-0.39, 0.29) is 18.0 Å². The van der Waals surface area contributed by atoms with Crippen molar-refractivity contribution in [2.45, 2.75) is 57.4 Å². The van der Waals surface area contributed by atoms with Gasteiger partial charge in [0.05, 0.1) is 18.2 Å². The number of aliphatic hydroxyl groups excluding tert-OH is 2. The monoisotopic (exact) mass is 354 g/mol. The molecule has 0 spiro atoms. The van der Waals surface area contributed by atoms with Gasteiger partial charge in [0.1, 0.15) is 23.6 Å². The van der Waals surface area contributed by atoms with E-state index in [0.29, 0.717) is 18.1 Å². The fourth-order valence-electron chi connectivity index (χ4n) is 4.19. The summed E-state index contributed by atoms with van der Waals surface area (Å²) >= 11 is 0. The molecule has 1 aromatic carbocycles. The third kappa shape index (κ3) is 3.27. The van der Waals surface area contributed by atoms with Crippen molar-refractivity contribution in [1.29, 1.82) is 0 Å². The van der Waals surface area contributed by atoms with E-state index >= 15 is 0 Å². The van der Waals surface area contributed by atoms with Crippen molar-refractivity contribution in [3.63, 3.8) is 0 Å². The molecule has 2 aliphatic rings. The van der Waals surface area contributed by atoms with Crippen molar-refractivity contribution in [1.82, 2.24) is 9.97 Å². The highest BCUT2D eigenvalue weighted by atomic mass is 16.3. The van der Waals surface area contributed by atoms with Gasteiger partial charge in [-0.1, -0.05) is 31.2 Å². The summed E-state index contributed by atoms with van der Waals surface area (Å²) in [6.45, 7) is 3.81. The van der Waals surface area contributed by atoms with Gasteiger partial charge in [0, 0.05) is 6.07 Å². The van der Waals surface area contributed by atoms with E-state index in [1.807, 2.05) is 19.9 Å². The molecular weight excluding hydrogens is 328 g/mol. The summed E-state index contributed by atoms with van der Waals surface area (Å²) in [7, 11) is 0. The van der Waals surface area contributed by atoms with Crippen LogP contribution in [0.15, 0.2) is 30.3 Å². The van der Waals surface area contributed by atoms with E-state index in [2.05, 4.69) is 44.9 Å². The van der Waals surface area contributed by atoms with Crippen molar-refractivity contribution >= 4 is 11.6 Å². The molecule has 2 aromatic rings. The number of rotatable bonds is 4. The molecule has 1 saturated carbocycles. The minimum atomic E-state index is -0.779. The number of hydrogen-bond donors (Lipinski definition) is 4. The number of aliphatic hydroxyl groups is 2. The summed E-state index contributed by atoms with van der Waals surface area (Å²) in [6, 6.07) is 10.5. The van der Waals surface area contributed by atoms with Crippen molar-refractivity contribution < 1.29 is 10.2 Å². The average molecular weight is 354 g/mol. The SMILES string of the molecule is Cc1nc(N[C@H]2CCc3ccccc32)cc(N[C@@H]2C[C@@H](C)[C@@H](O)[C@H]2O)n1. The Hall–Kier alpha value is -2.18. The maximum absolute atomic E-state index is 10.2. The molecule has 0 aliphatic heterocycles. The third-order valence-electron chi connectivity index (χ3n) is 5.60. The van der Waals surface area contributed by atoms with Crippen LogP contribution in [-0.2, 0) is 6.42 Å². The Balaban J connectivity index is 1.50. The normalized spacial score (nSPS) is 30.2. The Morgan fingerprint density at radius 1 is 1.04 bits per heavy atom. The van der Waals surface area contributed by atoms with Crippen LogP contribution in [-0.4, -0.2) is 38.4 Å². The van der Waals surface area contributed by atoms with Gasteiger partial charge in [0.2, 0.25) is 0 Å². The quantitative estimate of drug-likeness (QED) is 0.674. The molecule has 26 heavy (non-hydrogen) atoms. The molecule has 1 heterocycles. The van der Waals surface area contributed by atoms with Gasteiger partial charge in [-0.2, -0.15) is 0 Å². The summed E-state index contributed by atoms with van der Waals surface area (Å²) in [5, 5.41) is 27.0. The molecular formula is C20H26N4O2. The van der Waals surface area contributed by atoms with Crippen molar-refractivity contribution in [2.75, 3.05) is 10.6 Å². The van der Waals surface area contributed by atoms with Crippen LogP contribution in [0.1, 0.15) is 42.8 Å². The zero-order valence-electron chi connectivity index (χ0n) is 15.2. The largest absolute Gasteiger partial charge is 0.390 e. The smallest absolute Gasteiger partial charge is 0.132 e. The first-order valence-corrected chi connectivity index (χ1v) is 9.34. The van der Waals surface area contributed by atoms with Gasteiger partial charge in [-0.3, -0.25) is 0 Å². The lowest BCUT2D eigenvalue weighted by atomic mass is 10.1. The average Bonchev–Trinajstić information content (AvgIpc) is 3.12. The van der Waals surface area contributed by atoms with Crippen LogP contribution in [0.2, 0.25) is 0 Å². The molecule has 0 saturated heterocycles. The van der Waals surface area contributed by atoms with Gasteiger partial charge in [0.15, 0.2) is 0 Å². The predicted molar refractivity (Wildman–Crippen MR) is 101 cm³/mol. The molecule has 2 aliphatic carbocycles. The molecule has 1 fully saturated rings. The molecule has 5 atom stereocenters. The number of anilines is 2. The lowest BCUT2D eigenvalue weighted by molar-refractivity contribution is 0.0210. The summed E-state index contributed by atoms with van der Waals surface area (Å²) in [5.41, 5.74) is 2.73. The number of nitrogens with zero attached hydrogens (tertiary/aromatic N) is 2. The Kier molecular flexibility index (Phi) is 4.54. The first-order valence-electron chi connectivity index (χ1n) is 9.34. The minimum absolute atomic E-state index is 0.0676. The fraction of sp³-hybridized carbons (Fsp3) is 0.500. The Morgan fingerprint density at radius 3 is 2.50 bits per heavy atom. The van der Waals surface area contributed by atoms with Gasteiger partial charge in [-0.05, 0) is 43.2 Å². The van der Waals surface area contributed by atoms with Gasteiger partial charge >= 0.3 is 0 Å². The second-order valence-electron chi connectivity index (χ2n) is 7.57. The van der Waals surface area contributed by atoms with Crippen LogP contribution in [0.3, 0.4) is 0 Å². The topological polar surface area (TPSA) is 90.3 Å². The Labute approximate surface area is 153 Å². The zero-order valence-corrected chi connectivity index (χ0v) is 15.2. The van der Waals surface area contributed by atoms with Gasteiger partial charge in [-0.25, -0.2) is 9.97 Å². The van der Waals surface area contributed by atoms with Crippen LogP contribution >= 0.6 is 0 Å². The van der Waals surface area contributed by atoms with Crippen LogP contribution in [0.4, 0.5) is 11.6 Å². The van der Waals surface area contributed by atoms with E-state index in [9.17, 15) is 10.2 Å². The zero-order chi connectivity index (χ0) is 18.3. The van der Waals surface area contributed by atoms with E-state index in [0.717, 1.165) is 18.7 Å². The molecule has 6 heteroatoms. The molecule has 0 unspecified atom stereocenters. The minimum Gasteiger partial charge on any atom is -0.390 e. The maximum atomic E-state index is 10.2. The molecule has 0 radical (unpaired) electrons. The molecule has 4 rings (SSSR count). The van der Waals surface area contributed by atoms with E-state index < -0.39 is 12.2 Å². The number of fused-ring (bicyclic) bond motifs is 1. The Morgan fingerprint density at radius 2 is 1.77 bits per heavy atom. The number of hydrogen-bond acceptors (Lipinski definition) is 6. The second kappa shape index (κ2) is 6.85. The van der Waals surface area contributed by atoms with Crippen LogP contribution in [0.25, 0.3) is 0 Å². The summed E-state index contributed by atoms with van der Waals surface area (Å²) < 4.78 is 0. The summed E-state index contributed by atoms with van der Waals surface area (Å²) in [6.07, 6.45) is 1.37. The van der Waals surface area contributed by atoms with Gasteiger partial charge in [-0.15, -0.1) is 0 Å². The van der Waals surface area contributed by atoms with E-state index in [4.69, 9.17) is 0 Å². The maximum Gasteiger partial charge on any atom is 0.132 e. The van der Waals surface area contributed by atoms with Crippen molar-refractivity contribution in [3.05, 3.63) is 47.3 Å². The van der Waals surface area contributed by atoms with Crippen molar-refractivity contribution in [2.24, 2.45) is 5.92 Å². The third-order valence-corrected chi connectivity index (χ3v) is 5.60. The van der Waals surface area contributed by atoms with Gasteiger partial charge < -0.3 is 20.8 Å². The fourth-order valence-corrected chi connectivity index (χ4v) is 4.19. The van der Waals surface area contributed by atoms with Crippen LogP contribution < -0.4 is 10.6 Å². The van der Waals surface area contributed by atoms with E-state index in [1.165, 1.54) is 11.1 Å². The molecule has 0 bridgehead atoms. The van der Waals surface area contributed by atoms with E-state index in [1.54, 1.807) is 0 Å². The molecule has 4 N–H and O–H groups in total. The standard InChI is InChI=1S/C20H26N4O2/c1-11-9-16(20(26)19(11)25)24-18-10-17(21-12(2)22-18)23-15-8-7-13-5-3-4-6-14(13)15/h3-6,10-11,15-16,19-20,25-26H,7-9H2,1-2H3,(H2,21,22,23,24)/t11-,15+,16-,19-,20+/m1/s1. The Bertz CT molecular complexity index is 797. The van der Waals surface area contributed by atoms with Crippen LogP contribution in [0.5, 0.6) is 0 Å². The number of benzene rings is 1. The number of aromatic nitrogens is 2. The highest BCUT2D eigenvalue weighted by Crippen LogP contribution is 2.34. The first-order chi connectivity index (χ1) is 12.5.